The summed E-state index contributed by atoms with van der Waals surface area (Å²) >= 11 is 0. The number of carbonyl (C=O) groups excluding carboxylic acids is 2. The second kappa shape index (κ2) is 9.62. The van der Waals surface area contributed by atoms with Crippen LogP contribution >= 0.6 is 0 Å². The van der Waals surface area contributed by atoms with E-state index in [1.165, 1.54) is 11.1 Å². The average molecular weight is 575 g/mol. The van der Waals surface area contributed by atoms with Crippen molar-refractivity contribution in [1.82, 2.24) is 0 Å². The van der Waals surface area contributed by atoms with Gasteiger partial charge in [0, 0.05) is 23.7 Å². The molecular formula is C38H54O4. The third-order valence-electron chi connectivity index (χ3n) is 16.2. The Labute approximate surface area is 253 Å². The van der Waals surface area contributed by atoms with E-state index in [2.05, 4.69) is 13.8 Å². The smallest absolute Gasteiger partial charge is 0.155 e. The van der Waals surface area contributed by atoms with Crippen LogP contribution in [0, 0.1) is 58.2 Å². The van der Waals surface area contributed by atoms with Crippen molar-refractivity contribution in [3.63, 3.8) is 0 Å². The maximum absolute atomic E-state index is 13.3. The summed E-state index contributed by atoms with van der Waals surface area (Å²) in [6.07, 6.45) is 21.8. The summed E-state index contributed by atoms with van der Waals surface area (Å²) in [6.45, 7) is 4.64. The molecule has 4 nitrogen and oxygen atoms in total. The first-order valence-electron chi connectivity index (χ1n) is 18.1. The van der Waals surface area contributed by atoms with Crippen LogP contribution in [0.2, 0.25) is 0 Å². The number of carbonyl (C=O) groups is 2. The van der Waals surface area contributed by atoms with Crippen LogP contribution in [-0.2, 0) is 9.59 Å². The van der Waals surface area contributed by atoms with E-state index in [9.17, 15) is 19.8 Å². The largest absolute Gasteiger partial charge is 0.386 e. The van der Waals surface area contributed by atoms with Crippen LogP contribution in [0.15, 0.2) is 23.3 Å². The summed E-state index contributed by atoms with van der Waals surface area (Å²) in [4.78, 5) is 24.4. The van der Waals surface area contributed by atoms with Gasteiger partial charge in [-0.05, 0) is 162 Å². The van der Waals surface area contributed by atoms with Crippen molar-refractivity contribution >= 4 is 11.6 Å². The van der Waals surface area contributed by atoms with Gasteiger partial charge in [-0.15, -0.1) is 0 Å². The Bertz CT molecular complexity index is 1140. The zero-order chi connectivity index (χ0) is 29.1. The lowest BCUT2D eigenvalue weighted by molar-refractivity contribution is -0.276. The summed E-state index contributed by atoms with van der Waals surface area (Å²) in [5, 5.41) is 26.7. The van der Waals surface area contributed by atoms with Gasteiger partial charge in [0.1, 0.15) is 0 Å². The molecule has 8 aliphatic rings. The van der Waals surface area contributed by atoms with E-state index in [0.717, 1.165) is 103 Å². The van der Waals surface area contributed by atoms with Crippen molar-refractivity contribution < 1.29 is 19.8 Å². The summed E-state index contributed by atoms with van der Waals surface area (Å²) < 4.78 is 0. The highest BCUT2D eigenvalue weighted by molar-refractivity contribution is 5.91. The van der Waals surface area contributed by atoms with Crippen molar-refractivity contribution in [1.29, 1.82) is 0 Å². The van der Waals surface area contributed by atoms with E-state index in [-0.39, 0.29) is 10.8 Å². The first-order chi connectivity index (χ1) is 20.2. The van der Waals surface area contributed by atoms with Crippen molar-refractivity contribution in [2.45, 2.75) is 141 Å². The summed E-state index contributed by atoms with van der Waals surface area (Å²) in [5.74, 6) is 5.31. The quantitative estimate of drug-likeness (QED) is 0.366. The van der Waals surface area contributed by atoms with Gasteiger partial charge >= 0.3 is 0 Å². The molecule has 0 aliphatic heterocycles. The van der Waals surface area contributed by atoms with Crippen molar-refractivity contribution in [3.05, 3.63) is 23.3 Å². The fourth-order valence-electron chi connectivity index (χ4n) is 14.7. The van der Waals surface area contributed by atoms with Gasteiger partial charge in [-0.3, -0.25) is 9.59 Å². The van der Waals surface area contributed by atoms with Crippen molar-refractivity contribution in [3.8, 4) is 0 Å². The molecule has 8 rings (SSSR count). The van der Waals surface area contributed by atoms with Crippen LogP contribution in [0.4, 0.5) is 0 Å². The van der Waals surface area contributed by atoms with Gasteiger partial charge in [0.25, 0.3) is 0 Å². The first-order valence-corrected chi connectivity index (χ1v) is 18.1. The summed E-state index contributed by atoms with van der Waals surface area (Å²) in [6, 6.07) is 0. The number of allylic oxidation sites excluding steroid dienone is 2. The number of hydrogen-bond acceptors (Lipinski definition) is 4. The topological polar surface area (TPSA) is 74.6 Å². The molecule has 0 heterocycles. The maximum atomic E-state index is 13.3. The Hall–Kier alpha value is -1.26. The fourth-order valence-corrected chi connectivity index (χ4v) is 14.7. The monoisotopic (exact) mass is 574 g/mol. The van der Waals surface area contributed by atoms with E-state index in [1.54, 1.807) is 0 Å². The van der Waals surface area contributed by atoms with Crippen molar-refractivity contribution in [2.75, 3.05) is 0 Å². The zero-order valence-corrected chi connectivity index (χ0v) is 26.2. The van der Waals surface area contributed by atoms with Gasteiger partial charge in [-0.2, -0.15) is 0 Å². The van der Waals surface area contributed by atoms with Gasteiger partial charge in [0.05, 0.1) is 11.2 Å². The molecule has 0 unspecified atom stereocenters. The Kier molecular flexibility index (Phi) is 6.47. The highest BCUT2D eigenvalue weighted by atomic mass is 16.4. The molecule has 6 saturated carbocycles. The third-order valence-corrected chi connectivity index (χ3v) is 16.2. The minimum atomic E-state index is -1.02. The Morgan fingerprint density at radius 3 is 1.40 bits per heavy atom. The second-order valence-electron chi connectivity index (χ2n) is 16.5. The molecule has 0 bridgehead atoms. The van der Waals surface area contributed by atoms with Crippen LogP contribution < -0.4 is 0 Å². The highest BCUT2D eigenvalue weighted by Gasteiger charge is 2.77. The Morgan fingerprint density at radius 1 is 0.571 bits per heavy atom. The number of fused-ring (bicyclic) bond motifs is 10. The predicted octanol–water partition coefficient (Wildman–Crippen LogP) is 7.51. The number of aliphatic hydroxyl groups is 2. The van der Waals surface area contributed by atoms with Crippen LogP contribution in [0.5, 0.6) is 0 Å². The Morgan fingerprint density at radius 2 is 1.00 bits per heavy atom. The highest BCUT2D eigenvalue weighted by Crippen LogP contribution is 2.75. The van der Waals surface area contributed by atoms with E-state index in [0.29, 0.717) is 71.8 Å². The normalized spacial score (nSPS) is 53.1. The molecule has 4 heteroatoms. The van der Waals surface area contributed by atoms with Crippen LogP contribution in [0.1, 0.15) is 129 Å². The molecule has 0 aromatic heterocycles. The van der Waals surface area contributed by atoms with Gasteiger partial charge < -0.3 is 10.2 Å². The number of ketones is 2. The molecule has 0 aromatic carbocycles. The minimum Gasteiger partial charge on any atom is -0.386 e. The van der Waals surface area contributed by atoms with Gasteiger partial charge in [0.2, 0.25) is 0 Å². The minimum absolute atomic E-state index is 0.200. The zero-order valence-electron chi connectivity index (χ0n) is 26.2. The van der Waals surface area contributed by atoms with Crippen LogP contribution in [-0.4, -0.2) is 33.0 Å². The molecule has 12 atom stereocenters. The van der Waals surface area contributed by atoms with Crippen LogP contribution in [0.3, 0.4) is 0 Å². The lowest BCUT2D eigenvalue weighted by Crippen LogP contribution is -2.70. The molecule has 42 heavy (non-hydrogen) atoms. The number of hydrogen-bond donors (Lipinski definition) is 2. The van der Waals surface area contributed by atoms with E-state index < -0.39 is 11.2 Å². The molecular weight excluding hydrogens is 520 g/mol. The van der Waals surface area contributed by atoms with Gasteiger partial charge in [0.15, 0.2) is 11.6 Å². The molecule has 6 fully saturated rings. The van der Waals surface area contributed by atoms with E-state index >= 15 is 0 Å². The number of rotatable bonds is 3. The average Bonchev–Trinajstić information content (AvgIpc) is 3.50. The van der Waals surface area contributed by atoms with Crippen LogP contribution in [0.25, 0.3) is 0 Å². The first kappa shape index (κ1) is 28.2. The lowest BCUT2D eigenvalue weighted by Gasteiger charge is -2.64. The molecule has 8 aliphatic carbocycles. The molecule has 2 N–H and O–H groups in total. The molecule has 0 radical (unpaired) electrons. The Balaban J connectivity index is 1.12. The predicted molar refractivity (Wildman–Crippen MR) is 163 cm³/mol. The molecule has 230 valence electrons. The lowest BCUT2D eigenvalue weighted by atomic mass is 9.43. The van der Waals surface area contributed by atoms with Crippen molar-refractivity contribution in [2.24, 2.45) is 58.2 Å². The van der Waals surface area contributed by atoms with Gasteiger partial charge in [-0.25, -0.2) is 0 Å². The second-order valence-corrected chi connectivity index (χ2v) is 16.5. The standard InChI is InChI=1S/C38H54O4/c1-3-35-17-13-29-27-11-7-25(39)21-23(27)5-9-31(29)33(35)15-19-37(35,41)38(42)20-16-34-32-10-6-24-22-26(40)8-12-28(24)30(32)14-18-36(34,38)4-2/h21-22,27-34,41-42H,3-20H2,1-2H3/t27-,28-,29+,30+,31+,32+,33-,34-,35-,36-,37-,38-/m0/s1. The summed E-state index contributed by atoms with van der Waals surface area (Å²) in [5.41, 5.74) is 0.423. The summed E-state index contributed by atoms with van der Waals surface area (Å²) in [7, 11) is 0. The third kappa shape index (κ3) is 3.38. The van der Waals surface area contributed by atoms with E-state index in [1.807, 2.05) is 12.2 Å². The molecule has 0 aromatic rings. The van der Waals surface area contributed by atoms with E-state index in [4.69, 9.17) is 0 Å². The molecule has 0 spiro atoms. The molecule has 0 saturated heterocycles. The van der Waals surface area contributed by atoms with Gasteiger partial charge in [-0.1, -0.05) is 25.0 Å². The maximum Gasteiger partial charge on any atom is 0.155 e. The fraction of sp³-hybridized carbons (Fsp3) is 0.842. The SMILES string of the molecule is CC[C@]12CC[C@H]3[C@@H](CCC4=CC(=O)CC[C@@H]43)[C@@H]1CC[C@@]2(O)[C@]1(O)CC[C@H]2[C@@H]3CCC4=CC(=O)CC[C@@H]4[C@H]3CC[C@@]21CC. The molecule has 0 amide bonds.